The van der Waals surface area contributed by atoms with E-state index in [9.17, 15) is 4.11 Å². The molecule has 0 unspecified atom stereocenters. The van der Waals surface area contributed by atoms with Crippen LogP contribution < -0.4 is 0 Å². The lowest BCUT2D eigenvalue weighted by molar-refractivity contribution is 0.660. The molecule has 0 spiro atoms. The van der Waals surface area contributed by atoms with E-state index in [1.54, 1.807) is 19.9 Å². The van der Waals surface area contributed by atoms with Crippen molar-refractivity contribution in [2.45, 2.75) is 19.3 Å². The maximum absolute atomic E-state index is 9.86. The molecule has 1 aromatic heterocycles. The molecular formula is C42H30N2. The van der Waals surface area contributed by atoms with E-state index < -0.39 is 47.7 Å². The zero-order valence-corrected chi connectivity index (χ0v) is 23.8. The summed E-state index contributed by atoms with van der Waals surface area (Å²) in [6, 6.07) is 17.9. The minimum Gasteiger partial charge on any atom is -0.291 e. The maximum Gasteiger partial charge on any atom is 0.145 e. The van der Waals surface area contributed by atoms with E-state index in [-0.39, 0.29) is 63.9 Å². The number of imidazole rings is 1. The molecule has 208 valence electrons. The van der Waals surface area contributed by atoms with Gasteiger partial charge in [0, 0.05) is 21.8 Å². The first-order valence-electron chi connectivity index (χ1n) is 20.4. The van der Waals surface area contributed by atoms with Gasteiger partial charge in [0.1, 0.15) is 5.82 Å². The third-order valence-electron chi connectivity index (χ3n) is 8.66. The Labute approximate surface area is 273 Å². The summed E-state index contributed by atoms with van der Waals surface area (Å²) in [7, 11) is 0. The second kappa shape index (κ2) is 9.26. The summed E-state index contributed by atoms with van der Waals surface area (Å²) < 4.78 is 108. The van der Waals surface area contributed by atoms with Crippen molar-refractivity contribution in [1.82, 2.24) is 9.55 Å². The van der Waals surface area contributed by atoms with Crippen LogP contribution >= 0.6 is 0 Å². The minimum absolute atomic E-state index is 0.0602. The number of hydrogen-bond donors (Lipinski definition) is 0. The van der Waals surface area contributed by atoms with Crippen molar-refractivity contribution in [3.05, 3.63) is 156 Å². The van der Waals surface area contributed by atoms with Gasteiger partial charge in [-0.1, -0.05) is 141 Å². The Morgan fingerprint density at radius 3 is 1.95 bits per heavy atom. The van der Waals surface area contributed by atoms with Gasteiger partial charge in [-0.25, -0.2) is 4.98 Å². The smallest absolute Gasteiger partial charge is 0.145 e. The fourth-order valence-electron chi connectivity index (χ4n) is 6.68. The van der Waals surface area contributed by atoms with Crippen molar-refractivity contribution in [3.8, 4) is 39.3 Å². The molecule has 0 N–H and O–H groups in total. The predicted molar refractivity (Wildman–Crippen MR) is 185 cm³/mol. The molecule has 7 aromatic carbocycles. The molecule has 0 amide bonds. The second-order valence-corrected chi connectivity index (χ2v) is 11.4. The number of benzene rings is 7. The van der Waals surface area contributed by atoms with Crippen LogP contribution in [-0.4, -0.2) is 9.55 Å². The normalized spacial score (nSPS) is 17.2. The van der Waals surface area contributed by atoms with E-state index in [2.05, 4.69) is 0 Å². The van der Waals surface area contributed by atoms with Crippen LogP contribution in [0, 0.1) is 0 Å². The summed E-state index contributed by atoms with van der Waals surface area (Å²) >= 11 is 0. The van der Waals surface area contributed by atoms with Crippen LogP contribution in [-0.2, 0) is 5.41 Å². The summed E-state index contributed by atoms with van der Waals surface area (Å²) in [4.78, 5) is 4.88. The van der Waals surface area contributed by atoms with Gasteiger partial charge in [-0.05, 0) is 62.3 Å². The van der Waals surface area contributed by atoms with Gasteiger partial charge in [-0.2, -0.15) is 0 Å². The number of fused-ring (bicyclic) bond motifs is 6. The molecular weight excluding hydrogens is 532 g/mol. The first-order valence-corrected chi connectivity index (χ1v) is 14.4. The molecule has 2 nitrogen and oxygen atoms in total. The van der Waals surface area contributed by atoms with Crippen LogP contribution in [0.3, 0.4) is 0 Å². The lowest BCUT2D eigenvalue weighted by Crippen LogP contribution is -2.14. The number of rotatable bonds is 3. The summed E-state index contributed by atoms with van der Waals surface area (Å²) in [5.41, 5.74) is 2.17. The van der Waals surface area contributed by atoms with Gasteiger partial charge >= 0.3 is 0 Å². The summed E-state index contributed by atoms with van der Waals surface area (Å²) in [5.74, 6) is 0.138. The van der Waals surface area contributed by atoms with Crippen LogP contribution in [0.15, 0.2) is 145 Å². The monoisotopic (exact) mass is 574 g/mol. The van der Waals surface area contributed by atoms with Crippen molar-refractivity contribution in [1.29, 1.82) is 0 Å². The minimum atomic E-state index is -1.11. The predicted octanol–water partition coefficient (Wildman–Crippen LogP) is 11.0. The van der Waals surface area contributed by atoms with Gasteiger partial charge in [0.25, 0.3) is 0 Å². The molecule has 0 saturated carbocycles. The van der Waals surface area contributed by atoms with E-state index in [4.69, 9.17) is 17.3 Å². The van der Waals surface area contributed by atoms with Gasteiger partial charge in [0.15, 0.2) is 0 Å². The van der Waals surface area contributed by atoms with Crippen molar-refractivity contribution < 1.29 is 16.4 Å². The lowest BCUT2D eigenvalue weighted by atomic mass is 9.81. The van der Waals surface area contributed by atoms with Crippen LogP contribution in [0.5, 0.6) is 0 Å². The van der Waals surface area contributed by atoms with Gasteiger partial charge in [-0.15, -0.1) is 0 Å². The summed E-state index contributed by atoms with van der Waals surface area (Å²) in [6.07, 6.45) is 0. The first-order chi connectivity index (χ1) is 26.6. The molecule has 0 fully saturated rings. The van der Waals surface area contributed by atoms with Crippen LogP contribution in [0.4, 0.5) is 0 Å². The van der Waals surface area contributed by atoms with Crippen molar-refractivity contribution in [2.75, 3.05) is 0 Å². The standard InChI is InChI=1S/C42H30N2/c1-42(2)35-21-11-10-16-29(35)30-25-24-28(26-36(30)42)39-31-17-6-8-19-33(31)40(34-20-9-7-18-32(34)39)44-38-23-13-12-22-37(38)43-41(44)27-14-4-3-5-15-27/h3-26H,1-2H3/i3D,4D,5D,10D,11D,14D,15D,16D,21D,24D,25D,26D. The Morgan fingerprint density at radius 2 is 1.20 bits per heavy atom. The molecule has 1 aliphatic carbocycles. The third-order valence-corrected chi connectivity index (χ3v) is 8.66. The molecule has 1 aliphatic rings. The number of para-hydroxylation sites is 2. The van der Waals surface area contributed by atoms with E-state index in [1.807, 2.05) is 71.3 Å². The lowest BCUT2D eigenvalue weighted by Gasteiger charge is -2.23. The molecule has 44 heavy (non-hydrogen) atoms. The zero-order chi connectivity index (χ0) is 39.9. The molecule has 8 aromatic rings. The van der Waals surface area contributed by atoms with Gasteiger partial charge in [0.05, 0.1) is 33.2 Å². The Bertz CT molecular complexity index is 3010. The van der Waals surface area contributed by atoms with Gasteiger partial charge in [-0.3, -0.25) is 4.57 Å². The molecule has 0 saturated heterocycles. The highest BCUT2D eigenvalue weighted by Gasteiger charge is 2.35. The SMILES string of the molecule is [2H]c1c([2H])c([2H])c(-c2nc3ccccc3n2-c2c3ccccc3c(-c3c([2H])c([2H])c4c(c3[2H])C(C)(C)c3c([2H])c([2H])c([2H])c([2H])c3-4)c3ccccc23)c([2H])c1[2H]. The number of aromatic nitrogens is 2. The number of hydrogen-bond acceptors (Lipinski definition) is 1. The molecule has 9 rings (SSSR count). The van der Waals surface area contributed by atoms with Crippen molar-refractivity contribution in [2.24, 2.45) is 0 Å². The summed E-state index contributed by atoms with van der Waals surface area (Å²) in [5, 5.41) is 2.52. The fourth-order valence-corrected chi connectivity index (χ4v) is 6.68. The Hall–Kier alpha value is -5.47. The molecule has 1 heterocycles. The Morgan fingerprint density at radius 1 is 0.591 bits per heavy atom. The Balaban J connectivity index is 1.44. The molecule has 0 aliphatic heterocycles. The quantitative estimate of drug-likeness (QED) is 0.192. The zero-order valence-electron chi connectivity index (χ0n) is 35.8. The average molecular weight is 575 g/mol. The van der Waals surface area contributed by atoms with Crippen LogP contribution in [0.2, 0.25) is 0 Å². The van der Waals surface area contributed by atoms with Gasteiger partial charge in [0.2, 0.25) is 0 Å². The van der Waals surface area contributed by atoms with E-state index in [1.165, 1.54) is 0 Å². The molecule has 0 atom stereocenters. The van der Waals surface area contributed by atoms with E-state index in [0.717, 1.165) is 0 Å². The van der Waals surface area contributed by atoms with E-state index in [0.29, 0.717) is 49.4 Å². The fraction of sp³-hybridized carbons (Fsp3) is 0.0714. The van der Waals surface area contributed by atoms with Gasteiger partial charge < -0.3 is 0 Å². The van der Waals surface area contributed by atoms with Crippen molar-refractivity contribution >= 4 is 32.6 Å². The van der Waals surface area contributed by atoms with Crippen molar-refractivity contribution in [3.63, 3.8) is 0 Å². The Kier molecular flexibility index (Phi) is 3.33. The highest BCUT2D eigenvalue weighted by molar-refractivity contribution is 6.19. The molecule has 0 radical (unpaired) electrons. The third kappa shape index (κ3) is 3.46. The summed E-state index contributed by atoms with van der Waals surface area (Å²) in [6.45, 7) is 3.57. The largest absolute Gasteiger partial charge is 0.291 e. The first kappa shape index (κ1) is 15.8. The van der Waals surface area contributed by atoms with E-state index >= 15 is 0 Å². The number of nitrogens with zero attached hydrogens (tertiary/aromatic N) is 2. The highest BCUT2D eigenvalue weighted by Crippen LogP contribution is 2.51. The van der Waals surface area contributed by atoms with Crippen LogP contribution in [0.25, 0.3) is 71.9 Å². The topological polar surface area (TPSA) is 17.8 Å². The average Bonchev–Trinajstić information content (AvgIpc) is 3.68. The van der Waals surface area contributed by atoms with Crippen LogP contribution in [0.1, 0.15) is 41.4 Å². The second-order valence-electron chi connectivity index (χ2n) is 11.4. The maximum atomic E-state index is 9.86. The molecule has 0 bridgehead atoms. The highest BCUT2D eigenvalue weighted by atomic mass is 15.1. The molecule has 2 heteroatoms.